The molecule has 0 amide bonds. The van der Waals surface area contributed by atoms with Crippen LogP contribution in [0, 0.1) is 13.8 Å². The first-order valence-corrected chi connectivity index (χ1v) is 7.13. The third kappa shape index (κ3) is 2.57. The molecule has 0 saturated carbocycles. The minimum atomic E-state index is 1.20. The molecular weight excluding hydrogens is 256 g/mol. The van der Waals surface area contributed by atoms with Crippen LogP contribution in [-0.4, -0.2) is 4.98 Å². The standard InChI is InChI=1S/C19H19N2/c1-14-6-4-5-7-17(14)19-12-15(2)18(13-21(19)3)16-8-10-20-11-9-16/h4-13H,1-3H3/q+1. The van der Waals surface area contributed by atoms with Gasteiger partial charge in [0.25, 0.3) is 0 Å². The maximum absolute atomic E-state index is 4.09. The molecule has 0 radical (unpaired) electrons. The fourth-order valence-corrected chi connectivity index (χ4v) is 2.71. The van der Waals surface area contributed by atoms with Gasteiger partial charge in [-0.1, -0.05) is 18.2 Å². The fourth-order valence-electron chi connectivity index (χ4n) is 2.71. The van der Waals surface area contributed by atoms with Gasteiger partial charge >= 0.3 is 0 Å². The smallest absolute Gasteiger partial charge is 0.212 e. The first-order chi connectivity index (χ1) is 10.2. The first kappa shape index (κ1) is 13.5. The number of hydrogen-bond donors (Lipinski definition) is 0. The van der Waals surface area contributed by atoms with Crippen molar-refractivity contribution in [1.29, 1.82) is 0 Å². The molecular formula is C19H19N2+. The van der Waals surface area contributed by atoms with Crippen molar-refractivity contribution in [3.8, 4) is 22.4 Å². The zero-order valence-electron chi connectivity index (χ0n) is 12.7. The van der Waals surface area contributed by atoms with E-state index in [0.717, 1.165) is 0 Å². The first-order valence-electron chi connectivity index (χ1n) is 7.13. The van der Waals surface area contributed by atoms with Gasteiger partial charge in [0.2, 0.25) is 5.69 Å². The summed E-state index contributed by atoms with van der Waals surface area (Å²) in [7, 11) is 2.10. The SMILES string of the molecule is Cc1cc(-c2ccccc2C)[n+](C)cc1-c1ccncc1. The van der Waals surface area contributed by atoms with Gasteiger partial charge in [0.15, 0.2) is 6.20 Å². The van der Waals surface area contributed by atoms with E-state index in [0.29, 0.717) is 0 Å². The summed E-state index contributed by atoms with van der Waals surface area (Å²) < 4.78 is 2.20. The van der Waals surface area contributed by atoms with E-state index < -0.39 is 0 Å². The normalized spacial score (nSPS) is 10.6. The molecule has 0 N–H and O–H groups in total. The Balaban J connectivity index is 2.15. The lowest BCUT2D eigenvalue weighted by Gasteiger charge is -2.09. The molecule has 2 nitrogen and oxygen atoms in total. The Morgan fingerprint density at radius 3 is 2.29 bits per heavy atom. The highest BCUT2D eigenvalue weighted by molar-refractivity contribution is 5.69. The lowest BCUT2D eigenvalue weighted by molar-refractivity contribution is -0.660. The van der Waals surface area contributed by atoms with Gasteiger partial charge in [-0.25, -0.2) is 4.57 Å². The summed E-state index contributed by atoms with van der Waals surface area (Å²) in [5.74, 6) is 0. The number of nitrogens with zero attached hydrogens (tertiary/aromatic N) is 2. The third-order valence-electron chi connectivity index (χ3n) is 3.89. The maximum atomic E-state index is 4.09. The van der Waals surface area contributed by atoms with Gasteiger partial charge in [-0.3, -0.25) is 4.98 Å². The van der Waals surface area contributed by atoms with Gasteiger partial charge in [-0.15, -0.1) is 0 Å². The minimum absolute atomic E-state index is 1.20. The molecule has 2 heteroatoms. The summed E-state index contributed by atoms with van der Waals surface area (Å²) in [5.41, 5.74) is 7.54. The molecule has 2 heterocycles. The number of aryl methyl sites for hydroxylation is 3. The Hall–Kier alpha value is -2.48. The Bertz CT molecular complexity index is 777. The van der Waals surface area contributed by atoms with E-state index >= 15 is 0 Å². The minimum Gasteiger partial charge on any atom is -0.265 e. The Kier molecular flexibility index (Phi) is 3.53. The van der Waals surface area contributed by atoms with Crippen molar-refractivity contribution in [2.75, 3.05) is 0 Å². The molecule has 0 aliphatic heterocycles. The number of aromatic nitrogens is 2. The molecule has 104 valence electrons. The predicted molar refractivity (Wildman–Crippen MR) is 85.8 cm³/mol. The highest BCUT2D eigenvalue weighted by atomic mass is 14.9. The molecule has 3 aromatic rings. The number of hydrogen-bond acceptors (Lipinski definition) is 1. The van der Waals surface area contributed by atoms with Gasteiger partial charge in [0.1, 0.15) is 7.05 Å². The van der Waals surface area contributed by atoms with Crippen molar-refractivity contribution in [3.05, 3.63) is 72.2 Å². The van der Waals surface area contributed by atoms with Crippen LogP contribution in [0.5, 0.6) is 0 Å². The van der Waals surface area contributed by atoms with E-state index in [-0.39, 0.29) is 0 Å². The molecule has 0 bridgehead atoms. The van der Waals surface area contributed by atoms with Crippen LogP contribution in [0.2, 0.25) is 0 Å². The van der Waals surface area contributed by atoms with Crippen LogP contribution in [0.1, 0.15) is 11.1 Å². The van der Waals surface area contributed by atoms with Crippen LogP contribution >= 0.6 is 0 Å². The Morgan fingerprint density at radius 1 is 0.857 bits per heavy atom. The largest absolute Gasteiger partial charge is 0.265 e. The van der Waals surface area contributed by atoms with Crippen LogP contribution < -0.4 is 4.57 Å². The van der Waals surface area contributed by atoms with Gasteiger partial charge in [-0.05, 0) is 48.7 Å². The molecule has 0 unspecified atom stereocenters. The van der Waals surface area contributed by atoms with Crippen molar-refractivity contribution in [3.63, 3.8) is 0 Å². The topological polar surface area (TPSA) is 16.8 Å². The van der Waals surface area contributed by atoms with E-state index in [4.69, 9.17) is 0 Å². The third-order valence-corrected chi connectivity index (χ3v) is 3.89. The summed E-state index contributed by atoms with van der Waals surface area (Å²) in [6, 6.07) is 14.9. The van der Waals surface area contributed by atoms with Crippen LogP contribution in [-0.2, 0) is 7.05 Å². The second-order valence-corrected chi connectivity index (χ2v) is 5.42. The molecule has 0 aliphatic rings. The average Bonchev–Trinajstić information content (AvgIpc) is 2.51. The van der Waals surface area contributed by atoms with Crippen LogP contribution in [0.3, 0.4) is 0 Å². The second kappa shape index (κ2) is 5.49. The predicted octanol–water partition coefficient (Wildman–Crippen LogP) is 3.86. The maximum Gasteiger partial charge on any atom is 0.212 e. The highest BCUT2D eigenvalue weighted by Crippen LogP contribution is 2.26. The molecule has 21 heavy (non-hydrogen) atoms. The van der Waals surface area contributed by atoms with Crippen molar-refractivity contribution in [2.24, 2.45) is 7.05 Å². The lowest BCUT2D eigenvalue weighted by atomic mass is 9.99. The Labute approximate surface area is 125 Å². The van der Waals surface area contributed by atoms with Gasteiger partial charge < -0.3 is 0 Å². The molecule has 3 rings (SSSR count). The van der Waals surface area contributed by atoms with E-state index in [1.165, 1.54) is 33.5 Å². The average molecular weight is 275 g/mol. The van der Waals surface area contributed by atoms with Gasteiger partial charge in [-0.2, -0.15) is 0 Å². The van der Waals surface area contributed by atoms with Gasteiger partial charge in [0.05, 0.1) is 0 Å². The van der Waals surface area contributed by atoms with Crippen molar-refractivity contribution >= 4 is 0 Å². The highest BCUT2D eigenvalue weighted by Gasteiger charge is 2.16. The van der Waals surface area contributed by atoms with Crippen molar-refractivity contribution in [1.82, 2.24) is 4.98 Å². The number of rotatable bonds is 2. The fraction of sp³-hybridized carbons (Fsp3) is 0.158. The quantitative estimate of drug-likeness (QED) is 0.649. The van der Waals surface area contributed by atoms with Crippen molar-refractivity contribution in [2.45, 2.75) is 13.8 Å². The molecule has 2 aromatic heterocycles. The number of benzene rings is 1. The second-order valence-electron chi connectivity index (χ2n) is 5.42. The molecule has 0 aliphatic carbocycles. The zero-order chi connectivity index (χ0) is 14.8. The summed E-state index contributed by atoms with van der Waals surface area (Å²) in [6.45, 7) is 4.32. The molecule has 0 fully saturated rings. The van der Waals surface area contributed by atoms with E-state index in [1.807, 2.05) is 12.4 Å². The van der Waals surface area contributed by atoms with E-state index in [9.17, 15) is 0 Å². The van der Waals surface area contributed by atoms with Gasteiger partial charge in [0, 0.05) is 29.6 Å². The van der Waals surface area contributed by atoms with Crippen LogP contribution in [0.15, 0.2) is 61.1 Å². The zero-order valence-corrected chi connectivity index (χ0v) is 12.7. The monoisotopic (exact) mass is 275 g/mol. The van der Waals surface area contributed by atoms with Crippen LogP contribution in [0.25, 0.3) is 22.4 Å². The molecule has 1 aromatic carbocycles. The lowest BCUT2D eigenvalue weighted by Crippen LogP contribution is -2.31. The number of pyridine rings is 2. The van der Waals surface area contributed by atoms with E-state index in [1.54, 1.807) is 0 Å². The summed E-state index contributed by atoms with van der Waals surface area (Å²) >= 11 is 0. The van der Waals surface area contributed by atoms with Crippen LogP contribution in [0.4, 0.5) is 0 Å². The van der Waals surface area contributed by atoms with E-state index in [2.05, 4.69) is 79.1 Å². The summed E-state index contributed by atoms with van der Waals surface area (Å²) in [4.78, 5) is 4.09. The summed E-state index contributed by atoms with van der Waals surface area (Å²) in [6.07, 6.45) is 5.88. The summed E-state index contributed by atoms with van der Waals surface area (Å²) in [5, 5.41) is 0. The molecule has 0 saturated heterocycles. The molecule has 0 spiro atoms. The van der Waals surface area contributed by atoms with Crippen molar-refractivity contribution < 1.29 is 4.57 Å². The molecule has 0 atom stereocenters. The Morgan fingerprint density at radius 2 is 1.57 bits per heavy atom.